The van der Waals surface area contributed by atoms with Crippen molar-refractivity contribution in [2.45, 2.75) is 244 Å². The third-order valence-corrected chi connectivity index (χ3v) is 25.9. The molecular formula is C91H129Cl2N9O6. The smallest absolute Gasteiger partial charge is 0.309 e. The van der Waals surface area contributed by atoms with Gasteiger partial charge in [0.15, 0.2) is 0 Å². The average Bonchev–Trinajstić information content (AvgIpc) is 1.54. The van der Waals surface area contributed by atoms with Gasteiger partial charge in [0, 0.05) is 86.6 Å². The fraction of sp³-hybridized carbons (Fsp3) is 0.604. The topological polar surface area (TPSA) is 188 Å². The van der Waals surface area contributed by atoms with E-state index in [2.05, 4.69) is 218 Å². The number of aldehydes is 1. The summed E-state index contributed by atoms with van der Waals surface area (Å²) in [5.74, 6) is 4.64. The van der Waals surface area contributed by atoms with Gasteiger partial charge in [-0.25, -0.2) is 15.0 Å². The molecule has 5 N–H and O–H groups in total. The van der Waals surface area contributed by atoms with E-state index in [0.717, 1.165) is 138 Å². The lowest BCUT2D eigenvalue weighted by Gasteiger charge is -2.42. The van der Waals surface area contributed by atoms with Crippen LogP contribution in [0.3, 0.4) is 0 Å². The minimum absolute atomic E-state index is 0. The van der Waals surface area contributed by atoms with Crippen molar-refractivity contribution in [2.75, 3.05) is 86.9 Å². The number of carbonyl (C=O) groups is 3. The number of esters is 2. The van der Waals surface area contributed by atoms with Crippen LogP contribution in [0, 0.1) is 35.5 Å². The fourth-order valence-corrected chi connectivity index (χ4v) is 17.6. The standard InChI is InChI=1S/C31H43N3O2.C29H41N3O.C24H33N3.C7H10O3.2ClH/c1-6-36-29(35)24-18-22(24)20-32-23-12-16-34(17-13-23)28-9-7-8-27(33-28)21-10-11-25-26(19-21)31(4,5)15-14-30(25,2)3;1-28(2)12-13-29(3,4)25-17-20(8-9-24(25)28)26-6-5-7-27(31-26)32-14-10-23(11-15-32)30-18-21-16-22(21)19-33;1-23(2)12-13-24(3,4)20-16-17(8-9-19(20)23)21-6-5-7-22(26-21)27-14-10-18(25)11-15-27;1-2-10-7(9)6-3-5(6)4-8;;/h7-11,19,22-24,32H,6,12-18,20H2,1-5H3;5-9,17,21-23,30,33H,10-16,18-19H2,1-4H3;5-9,16,18H,10-15,25H2,1-4H3;4-6H,2-3H2,1H3;2*1H. The SMILES string of the molecule is CC1(C)CCC(C)(C)c2cc(-c3cccc(N4CCC(N)CC4)n3)ccc21.CC1(C)CCC(C)(C)c2cc(-c3cccc(N4CCC(NCC5CC5CO)CC4)n3)ccc21.CCOC(=O)C1CC1C=O.CCOC(=O)C1CC1CNC1CCN(c2cccc(-c3ccc4c(c3)C(C)(C)CCC4(C)C)n2)CC1.Cl.Cl. The molecule has 15 nitrogen and oxygen atoms in total. The van der Waals surface area contributed by atoms with Gasteiger partial charge in [0.2, 0.25) is 0 Å². The highest BCUT2D eigenvalue weighted by Gasteiger charge is 2.46. The number of piperidine rings is 3. The monoisotopic (exact) mass is 1510 g/mol. The zero-order valence-corrected chi connectivity index (χ0v) is 69.2. The predicted octanol–water partition coefficient (Wildman–Crippen LogP) is 17.4. The number of hydrogen-bond acceptors (Lipinski definition) is 15. The van der Waals surface area contributed by atoms with Crippen LogP contribution in [0.2, 0.25) is 0 Å². The van der Waals surface area contributed by atoms with E-state index in [1.807, 2.05) is 6.92 Å². The molecule has 0 amide bonds. The number of nitrogens with zero attached hydrogens (tertiary/aromatic N) is 6. The Bertz CT molecular complexity index is 4040. The van der Waals surface area contributed by atoms with Gasteiger partial charge in [-0.15, -0.1) is 24.8 Å². The number of aromatic nitrogens is 3. The molecule has 0 bridgehead atoms. The lowest BCUT2D eigenvalue weighted by molar-refractivity contribution is -0.146. The van der Waals surface area contributed by atoms with E-state index >= 15 is 0 Å². The number of fused-ring (bicyclic) bond motifs is 3. The number of anilines is 3. The maximum absolute atomic E-state index is 11.9. The highest BCUT2D eigenvalue weighted by Crippen LogP contribution is 2.50. The molecule has 15 rings (SSSR count). The van der Waals surface area contributed by atoms with Crippen LogP contribution in [0.4, 0.5) is 17.5 Å². The molecule has 6 heterocycles. The molecule has 3 aliphatic heterocycles. The summed E-state index contributed by atoms with van der Waals surface area (Å²) >= 11 is 0. The van der Waals surface area contributed by atoms with Crippen molar-refractivity contribution in [2.24, 2.45) is 41.2 Å². The van der Waals surface area contributed by atoms with E-state index in [1.165, 1.54) is 95.0 Å². The fourth-order valence-electron chi connectivity index (χ4n) is 17.6. The van der Waals surface area contributed by atoms with E-state index in [4.69, 9.17) is 30.2 Å². The van der Waals surface area contributed by atoms with E-state index in [1.54, 1.807) is 6.92 Å². The van der Waals surface area contributed by atoms with Gasteiger partial charge in [-0.3, -0.25) is 9.59 Å². The number of benzene rings is 3. The van der Waals surface area contributed by atoms with E-state index in [9.17, 15) is 19.5 Å². The molecule has 9 aliphatic rings. The number of aliphatic hydroxyl groups excluding tert-OH is 1. The Morgan fingerprint density at radius 1 is 0.454 bits per heavy atom. The van der Waals surface area contributed by atoms with Gasteiger partial charge in [-0.05, 0) is 261 Å². The molecule has 6 unspecified atom stereocenters. The molecule has 6 atom stereocenters. The van der Waals surface area contributed by atoms with E-state index in [-0.39, 0.29) is 87.0 Å². The highest BCUT2D eigenvalue weighted by atomic mass is 35.5. The lowest BCUT2D eigenvalue weighted by Crippen LogP contribution is -2.43. The van der Waals surface area contributed by atoms with Gasteiger partial charge in [-0.1, -0.05) is 138 Å². The highest BCUT2D eigenvalue weighted by molar-refractivity contribution is 5.86. The second-order valence-electron chi connectivity index (χ2n) is 36.6. The van der Waals surface area contributed by atoms with Gasteiger partial charge < -0.3 is 50.4 Å². The molecule has 3 aromatic carbocycles. The lowest BCUT2D eigenvalue weighted by atomic mass is 9.63. The van der Waals surface area contributed by atoms with Gasteiger partial charge in [0.25, 0.3) is 0 Å². The first kappa shape index (κ1) is 84.0. The third-order valence-electron chi connectivity index (χ3n) is 25.9. The van der Waals surface area contributed by atoms with Crippen LogP contribution in [0.1, 0.15) is 227 Å². The summed E-state index contributed by atoms with van der Waals surface area (Å²) in [5, 5.41) is 16.7. The summed E-state index contributed by atoms with van der Waals surface area (Å²) < 4.78 is 9.86. The second-order valence-corrected chi connectivity index (χ2v) is 36.6. The Morgan fingerprint density at radius 3 is 1.11 bits per heavy atom. The van der Waals surface area contributed by atoms with Crippen molar-refractivity contribution in [1.82, 2.24) is 25.6 Å². The number of pyridine rings is 3. The predicted molar refractivity (Wildman–Crippen MR) is 446 cm³/mol. The molecule has 0 radical (unpaired) electrons. The molecule has 0 spiro atoms. The Labute approximate surface area is 659 Å². The summed E-state index contributed by atoms with van der Waals surface area (Å²) in [6.07, 6.45) is 17.7. The van der Waals surface area contributed by atoms with Crippen LogP contribution in [0.25, 0.3) is 33.8 Å². The Kier molecular flexibility index (Phi) is 27.3. The van der Waals surface area contributed by atoms with Crippen LogP contribution in [-0.4, -0.2) is 129 Å². The number of hydrogen-bond donors (Lipinski definition) is 4. The quantitative estimate of drug-likeness (QED) is 0.0470. The van der Waals surface area contributed by atoms with Crippen LogP contribution in [0.15, 0.2) is 109 Å². The molecule has 588 valence electrons. The number of ether oxygens (including phenoxy) is 2. The van der Waals surface area contributed by atoms with Crippen molar-refractivity contribution in [3.63, 3.8) is 0 Å². The van der Waals surface area contributed by atoms with Crippen LogP contribution >= 0.6 is 24.8 Å². The summed E-state index contributed by atoms with van der Waals surface area (Å²) in [6, 6.07) is 41.9. The summed E-state index contributed by atoms with van der Waals surface area (Å²) in [4.78, 5) is 55.2. The number of nitrogens with two attached hydrogens (primary N) is 1. The minimum atomic E-state index is -0.223. The van der Waals surface area contributed by atoms with Gasteiger partial charge in [0.05, 0.1) is 42.1 Å². The maximum atomic E-state index is 11.9. The molecule has 6 fully saturated rings. The third kappa shape index (κ3) is 20.1. The number of aliphatic hydroxyl groups is 1. The van der Waals surface area contributed by atoms with Crippen molar-refractivity contribution >= 4 is 60.5 Å². The van der Waals surface area contributed by atoms with Crippen LogP contribution < -0.4 is 31.1 Å². The molecule has 3 saturated heterocycles. The second kappa shape index (κ2) is 35.1. The van der Waals surface area contributed by atoms with E-state index < -0.39 is 0 Å². The summed E-state index contributed by atoms with van der Waals surface area (Å²) in [7, 11) is 0. The molecule has 6 aliphatic carbocycles. The van der Waals surface area contributed by atoms with Crippen molar-refractivity contribution < 1.29 is 29.0 Å². The first-order valence-corrected chi connectivity index (χ1v) is 40.7. The molecule has 17 heteroatoms. The van der Waals surface area contributed by atoms with Crippen molar-refractivity contribution in [3.8, 4) is 33.8 Å². The summed E-state index contributed by atoms with van der Waals surface area (Å²) in [6.45, 7) is 41.5. The van der Waals surface area contributed by atoms with Gasteiger partial charge in [-0.2, -0.15) is 0 Å². The average molecular weight is 1520 g/mol. The number of halogens is 2. The summed E-state index contributed by atoms with van der Waals surface area (Å²) in [5.41, 5.74) is 23.3. The zero-order valence-electron chi connectivity index (χ0n) is 67.6. The Morgan fingerprint density at radius 2 is 0.787 bits per heavy atom. The van der Waals surface area contributed by atoms with Gasteiger partial charge in [0.1, 0.15) is 23.7 Å². The maximum Gasteiger partial charge on any atom is 0.309 e. The van der Waals surface area contributed by atoms with Crippen molar-refractivity contribution in [3.05, 3.63) is 143 Å². The van der Waals surface area contributed by atoms with Crippen molar-refractivity contribution in [1.29, 1.82) is 0 Å². The Balaban J connectivity index is 0.000000162. The van der Waals surface area contributed by atoms with Crippen LogP contribution in [0.5, 0.6) is 0 Å². The van der Waals surface area contributed by atoms with Gasteiger partial charge >= 0.3 is 11.9 Å². The first-order chi connectivity index (χ1) is 50.5. The minimum Gasteiger partial charge on any atom is -0.466 e. The molecule has 108 heavy (non-hydrogen) atoms. The largest absolute Gasteiger partial charge is 0.466 e. The Hall–Kier alpha value is -6.46. The molecule has 6 aromatic rings. The number of rotatable bonds is 18. The van der Waals surface area contributed by atoms with Crippen LogP contribution in [-0.2, 0) is 56.3 Å². The molecule has 3 aromatic heterocycles. The normalized spacial score (nSPS) is 24.4. The number of nitrogens with one attached hydrogen (secondary N) is 2. The van der Waals surface area contributed by atoms with E-state index in [0.29, 0.717) is 62.1 Å². The zero-order chi connectivity index (χ0) is 75.5. The molecular weight excluding hydrogens is 1390 g/mol. The number of carbonyl (C=O) groups excluding carboxylic acids is 3. The molecule has 3 saturated carbocycles. The first-order valence-electron chi connectivity index (χ1n) is 40.7.